The predicted octanol–water partition coefficient (Wildman–Crippen LogP) is 3.15. The van der Waals surface area contributed by atoms with Gasteiger partial charge >= 0.3 is 0 Å². The van der Waals surface area contributed by atoms with Crippen LogP contribution in [0.15, 0.2) is 18.2 Å². The molecule has 0 aliphatic rings. The van der Waals surface area contributed by atoms with E-state index >= 15 is 0 Å². The van der Waals surface area contributed by atoms with Crippen molar-refractivity contribution in [3.63, 3.8) is 0 Å². The standard InChI is InChI=1S/C13H20FN/c1-9-7-11(5-6-12(9)14)13(3,4)8-10(2)15/h5-7,10H,8,15H2,1-4H3. The molecule has 0 aliphatic heterocycles. The molecule has 1 unspecified atom stereocenters. The van der Waals surface area contributed by atoms with E-state index in [1.165, 1.54) is 6.07 Å². The minimum absolute atomic E-state index is 0.00657. The molecule has 2 N–H and O–H groups in total. The van der Waals surface area contributed by atoms with Crippen LogP contribution in [0.2, 0.25) is 0 Å². The number of aryl methyl sites for hydroxylation is 1. The highest BCUT2D eigenvalue weighted by atomic mass is 19.1. The highest BCUT2D eigenvalue weighted by Crippen LogP contribution is 2.29. The number of hydrogen-bond acceptors (Lipinski definition) is 1. The summed E-state index contributed by atoms with van der Waals surface area (Å²) in [6.45, 7) is 8.07. The summed E-state index contributed by atoms with van der Waals surface area (Å²) in [5.41, 5.74) is 7.67. The lowest BCUT2D eigenvalue weighted by Gasteiger charge is -2.27. The third-order valence-electron chi connectivity index (χ3n) is 2.77. The largest absolute Gasteiger partial charge is 0.328 e. The average Bonchev–Trinajstić information content (AvgIpc) is 2.07. The van der Waals surface area contributed by atoms with Crippen molar-refractivity contribution in [2.24, 2.45) is 5.73 Å². The van der Waals surface area contributed by atoms with Gasteiger partial charge in [-0.15, -0.1) is 0 Å². The number of halogens is 1. The molecule has 1 aromatic rings. The lowest BCUT2D eigenvalue weighted by molar-refractivity contribution is 0.436. The van der Waals surface area contributed by atoms with Crippen LogP contribution in [0.3, 0.4) is 0 Å². The third-order valence-corrected chi connectivity index (χ3v) is 2.77. The van der Waals surface area contributed by atoms with Crippen LogP contribution in [-0.4, -0.2) is 6.04 Å². The molecule has 1 rings (SSSR count). The molecule has 0 spiro atoms. The van der Waals surface area contributed by atoms with E-state index in [-0.39, 0.29) is 17.3 Å². The Balaban J connectivity index is 2.99. The van der Waals surface area contributed by atoms with E-state index in [2.05, 4.69) is 13.8 Å². The molecule has 15 heavy (non-hydrogen) atoms. The zero-order valence-corrected chi connectivity index (χ0v) is 9.97. The van der Waals surface area contributed by atoms with E-state index in [0.717, 1.165) is 12.0 Å². The second-order valence-corrected chi connectivity index (χ2v) is 5.03. The van der Waals surface area contributed by atoms with Crippen LogP contribution in [0.4, 0.5) is 4.39 Å². The lowest BCUT2D eigenvalue weighted by atomic mass is 9.79. The number of nitrogens with two attached hydrogens (primary N) is 1. The van der Waals surface area contributed by atoms with Crippen molar-refractivity contribution in [1.82, 2.24) is 0 Å². The van der Waals surface area contributed by atoms with Crippen LogP contribution in [0.5, 0.6) is 0 Å². The van der Waals surface area contributed by atoms with Crippen molar-refractivity contribution in [2.75, 3.05) is 0 Å². The van der Waals surface area contributed by atoms with Gasteiger partial charge in [0, 0.05) is 6.04 Å². The fraction of sp³-hybridized carbons (Fsp3) is 0.538. The Bertz CT molecular complexity index is 342. The number of benzene rings is 1. The van der Waals surface area contributed by atoms with Gasteiger partial charge in [0.15, 0.2) is 0 Å². The van der Waals surface area contributed by atoms with E-state index in [1.54, 1.807) is 6.92 Å². The molecule has 1 nitrogen and oxygen atoms in total. The number of rotatable bonds is 3. The van der Waals surface area contributed by atoms with Gasteiger partial charge in [0.05, 0.1) is 0 Å². The summed E-state index contributed by atoms with van der Waals surface area (Å²) >= 11 is 0. The van der Waals surface area contributed by atoms with Gasteiger partial charge in [0.2, 0.25) is 0 Å². The minimum Gasteiger partial charge on any atom is -0.328 e. The van der Waals surface area contributed by atoms with Crippen LogP contribution in [0.25, 0.3) is 0 Å². The molecule has 84 valence electrons. The number of hydrogen-bond donors (Lipinski definition) is 1. The Morgan fingerprint density at radius 3 is 2.47 bits per heavy atom. The van der Waals surface area contributed by atoms with Gasteiger partial charge in [-0.2, -0.15) is 0 Å². The topological polar surface area (TPSA) is 26.0 Å². The Hall–Kier alpha value is -0.890. The van der Waals surface area contributed by atoms with Crippen LogP contribution < -0.4 is 5.73 Å². The summed E-state index contributed by atoms with van der Waals surface area (Å²) in [7, 11) is 0. The normalized spacial score (nSPS) is 14.0. The molecule has 0 heterocycles. The van der Waals surface area contributed by atoms with Crippen LogP contribution in [-0.2, 0) is 5.41 Å². The van der Waals surface area contributed by atoms with Gasteiger partial charge in [-0.1, -0.05) is 26.0 Å². The van der Waals surface area contributed by atoms with E-state index in [9.17, 15) is 4.39 Å². The first-order valence-corrected chi connectivity index (χ1v) is 5.35. The second kappa shape index (κ2) is 4.31. The summed E-state index contributed by atoms with van der Waals surface area (Å²) in [6, 6.07) is 5.46. The summed E-state index contributed by atoms with van der Waals surface area (Å²) in [6.07, 6.45) is 0.901. The van der Waals surface area contributed by atoms with Crippen molar-refractivity contribution in [3.05, 3.63) is 35.1 Å². The molecular formula is C13H20FN. The first-order chi connectivity index (χ1) is 6.83. The summed E-state index contributed by atoms with van der Waals surface area (Å²) in [5.74, 6) is -0.143. The van der Waals surface area contributed by atoms with E-state index < -0.39 is 0 Å². The highest BCUT2D eigenvalue weighted by Gasteiger charge is 2.22. The molecule has 1 atom stereocenters. The third kappa shape index (κ3) is 3.03. The Morgan fingerprint density at radius 2 is 2.00 bits per heavy atom. The maximum Gasteiger partial charge on any atom is 0.126 e. The molecule has 1 aromatic carbocycles. The van der Waals surface area contributed by atoms with Gasteiger partial charge in [-0.05, 0) is 42.9 Å². The molecule has 0 saturated heterocycles. The van der Waals surface area contributed by atoms with Gasteiger partial charge in [0.25, 0.3) is 0 Å². The fourth-order valence-electron chi connectivity index (χ4n) is 1.99. The molecule has 2 heteroatoms. The lowest BCUT2D eigenvalue weighted by Crippen LogP contribution is -2.28. The maximum absolute atomic E-state index is 13.1. The van der Waals surface area contributed by atoms with Crippen molar-refractivity contribution in [3.8, 4) is 0 Å². The molecule has 0 aromatic heterocycles. The Morgan fingerprint density at radius 1 is 1.40 bits per heavy atom. The SMILES string of the molecule is Cc1cc(C(C)(C)CC(C)N)ccc1F. The van der Waals surface area contributed by atoms with Crippen molar-refractivity contribution in [2.45, 2.75) is 45.6 Å². The second-order valence-electron chi connectivity index (χ2n) is 5.03. The van der Waals surface area contributed by atoms with Crippen molar-refractivity contribution in [1.29, 1.82) is 0 Å². The molecule has 0 bridgehead atoms. The first-order valence-electron chi connectivity index (χ1n) is 5.35. The van der Waals surface area contributed by atoms with Crippen LogP contribution >= 0.6 is 0 Å². The van der Waals surface area contributed by atoms with E-state index in [4.69, 9.17) is 5.73 Å². The summed E-state index contributed by atoms with van der Waals surface area (Å²) in [4.78, 5) is 0. The zero-order chi connectivity index (χ0) is 11.6. The average molecular weight is 209 g/mol. The molecule has 0 amide bonds. The van der Waals surface area contributed by atoms with Crippen LogP contribution in [0, 0.1) is 12.7 Å². The molecule has 0 saturated carbocycles. The van der Waals surface area contributed by atoms with Gasteiger partial charge in [-0.25, -0.2) is 4.39 Å². The van der Waals surface area contributed by atoms with Crippen LogP contribution in [0.1, 0.15) is 38.3 Å². The first kappa shape index (κ1) is 12.2. The molecule has 0 radical (unpaired) electrons. The maximum atomic E-state index is 13.1. The van der Waals surface area contributed by atoms with Gasteiger partial charge in [0.1, 0.15) is 5.82 Å². The fourth-order valence-corrected chi connectivity index (χ4v) is 1.99. The van der Waals surface area contributed by atoms with Gasteiger partial charge in [-0.3, -0.25) is 0 Å². The predicted molar refractivity (Wildman–Crippen MR) is 62.4 cm³/mol. The highest BCUT2D eigenvalue weighted by molar-refractivity contribution is 5.29. The molecule has 0 aliphatic carbocycles. The van der Waals surface area contributed by atoms with Gasteiger partial charge < -0.3 is 5.73 Å². The summed E-state index contributed by atoms with van der Waals surface area (Å²) < 4.78 is 13.1. The zero-order valence-electron chi connectivity index (χ0n) is 9.97. The Labute approximate surface area is 91.5 Å². The molecular weight excluding hydrogens is 189 g/mol. The van der Waals surface area contributed by atoms with E-state index in [1.807, 2.05) is 19.1 Å². The Kier molecular flexibility index (Phi) is 3.50. The monoisotopic (exact) mass is 209 g/mol. The van der Waals surface area contributed by atoms with Crippen molar-refractivity contribution < 1.29 is 4.39 Å². The smallest absolute Gasteiger partial charge is 0.126 e. The van der Waals surface area contributed by atoms with Crippen molar-refractivity contribution >= 4 is 0 Å². The summed E-state index contributed by atoms with van der Waals surface area (Å²) in [5, 5.41) is 0. The van der Waals surface area contributed by atoms with E-state index in [0.29, 0.717) is 5.56 Å². The molecule has 0 fully saturated rings. The quantitative estimate of drug-likeness (QED) is 0.813. The minimum atomic E-state index is -0.143.